The molecule has 0 atom stereocenters. The van der Waals surface area contributed by atoms with E-state index in [2.05, 4.69) is 30.7 Å². The third-order valence-electron chi connectivity index (χ3n) is 3.32. The molecule has 0 fully saturated rings. The van der Waals surface area contributed by atoms with Crippen molar-refractivity contribution in [1.82, 2.24) is 9.88 Å². The molecule has 23 heavy (non-hydrogen) atoms. The lowest BCUT2D eigenvalue weighted by Gasteiger charge is -2.22. The molecule has 118 valence electrons. The van der Waals surface area contributed by atoms with E-state index < -0.39 is 0 Å². The minimum atomic E-state index is 0.104. The summed E-state index contributed by atoms with van der Waals surface area (Å²) in [7, 11) is 0. The first-order valence-electron chi connectivity index (χ1n) is 7.85. The molecule has 3 nitrogen and oxygen atoms in total. The molecule has 0 saturated heterocycles. The van der Waals surface area contributed by atoms with Gasteiger partial charge in [-0.15, -0.1) is 0 Å². The second-order valence-electron chi connectivity index (χ2n) is 5.87. The largest absolute Gasteiger partial charge is 0.331 e. The van der Waals surface area contributed by atoms with Crippen LogP contribution in [0.3, 0.4) is 0 Å². The number of hydrogen-bond donors (Lipinski definition) is 0. The molecular formula is C20H22N2O. The number of aromatic nitrogens is 1. The Morgan fingerprint density at radius 2 is 1.83 bits per heavy atom. The van der Waals surface area contributed by atoms with Crippen LogP contribution in [0.25, 0.3) is 0 Å². The highest BCUT2D eigenvalue weighted by Gasteiger charge is 2.14. The van der Waals surface area contributed by atoms with Crippen molar-refractivity contribution in [3.8, 4) is 11.8 Å². The molecule has 2 aromatic rings. The van der Waals surface area contributed by atoms with Crippen LogP contribution < -0.4 is 0 Å². The molecule has 1 heterocycles. The summed E-state index contributed by atoms with van der Waals surface area (Å²) in [6, 6.07) is 13.6. The van der Waals surface area contributed by atoms with E-state index in [1.54, 1.807) is 12.4 Å². The number of carbonyl (C=O) groups excluding carboxylic acids is 1. The zero-order valence-electron chi connectivity index (χ0n) is 13.7. The summed E-state index contributed by atoms with van der Waals surface area (Å²) in [6.45, 7) is 5.39. The summed E-state index contributed by atoms with van der Waals surface area (Å²) >= 11 is 0. The van der Waals surface area contributed by atoms with Gasteiger partial charge in [0.25, 0.3) is 0 Å². The summed E-state index contributed by atoms with van der Waals surface area (Å²) in [5.41, 5.74) is 1.95. The number of benzene rings is 1. The zero-order valence-corrected chi connectivity index (χ0v) is 13.7. The minimum absolute atomic E-state index is 0.104. The number of amides is 1. The Balaban J connectivity index is 2.02. The first kappa shape index (κ1) is 16.8. The molecule has 0 saturated carbocycles. The maximum absolute atomic E-state index is 12.5. The Hall–Kier alpha value is -2.60. The number of carbonyl (C=O) groups is 1. The topological polar surface area (TPSA) is 33.2 Å². The quantitative estimate of drug-likeness (QED) is 0.795. The molecule has 0 unspecified atom stereocenters. The van der Waals surface area contributed by atoms with Crippen LogP contribution in [-0.2, 0) is 11.2 Å². The van der Waals surface area contributed by atoms with E-state index in [9.17, 15) is 4.79 Å². The molecule has 2 rings (SSSR count). The second-order valence-corrected chi connectivity index (χ2v) is 5.87. The van der Waals surface area contributed by atoms with Crippen LogP contribution in [0.2, 0.25) is 0 Å². The number of nitrogens with zero attached hydrogens (tertiary/aromatic N) is 2. The summed E-state index contributed by atoms with van der Waals surface area (Å²) < 4.78 is 0. The number of pyridine rings is 1. The maximum Gasteiger partial charge on any atom is 0.227 e. The van der Waals surface area contributed by atoms with Gasteiger partial charge in [0.15, 0.2) is 0 Å². The molecule has 0 N–H and O–H groups in total. The van der Waals surface area contributed by atoms with Crippen molar-refractivity contribution in [2.24, 2.45) is 5.92 Å². The van der Waals surface area contributed by atoms with E-state index in [0.29, 0.717) is 25.4 Å². The van der Waals surface area contributed by atoms with Gasteiger partial charge in [-0.1, -0.05) is 43.9 Å². The van der Waals surface area contributed by atoms with Gasteiger partial charge in [-0.25, -0.2) is 0 Å². The van der Waals surface area contributed by atoms with Crippen LogP contribution in [0.15, 0.2) is 54.9 Å². The summed E-state index contributed by atoms with van der Waals surface area (Å²) in [4.78, 5) is 18.3. The first-order valence-corrected chi connectivity index (χ1v) is 7.85. The summed E-state index contributed by atoms with van der Waals surface area (Å²) in [5, 5.41) is 0. The van der Waals surface area contributed by atoms with Crippen LogP contribution in [-0.4, -0.2) is 28.9 Å². The molecule has 0 aliphatic heterocycles. The lowest BCUT2D eigenvalue weighted by atomic mass is 10.1. The third-order valence-corrected chi connectivity index (χ3v) is 3.32. The van der Waals surface area contributed by atoms with Gasteiger partial charge in [-0.05, 0) is 35.7 Å². The minimum Gasteiger partial charge on any atom is -0.331 e. The van der Waals surface area contributed by atoms with E-state index >= 15 is 0 Å². The molecule has 1 aromatic carbocycles. The Kier molecular flexibility index (Phi) is 6.38. The number of hydrogen-bond acceptors (Lipinski definition) is 2. The van der Waals surface area contributed by atoms with E-state index in [4.69, 9.17) is 0 Å². The predicted molar refractivity (Wildman–Crippen MR) is 92.7 cm³/mol. The molecule has 0 aliphatic carbocycles. The zero-order chi connectivity index (χ0) is 16.5. The van der Waals surface area contributed by atoms with Gasteiger partial charge in [0, 0.05) is 24.5 Å². The highest BCUT2D eigenvalue weighted by atomic mass is 16.2. The van der Waals surface area contributed by atoms with E-state index in [1.807, 2.05) is 47.4 Å². The van der Waals surface area contributed by atoms with Crippen LogP contribution in [0.5, 0.6) is 0 Å². The standard InChI is InChI=1S/C20H22N2O/c1-17(2)16-22(14-6-9-18-7-4-3-5-8-18)20(23)15-19-10-12-21-13-11-19/h3-5,7-8,10-13,17H,14-16H2,1-2H3. The Morgan fingerprint density at radius 1 is 1.13 bits per heavy atom. The third kappa shape index (κ3) is 5.96. The maximum atomic E-state index is 12.5. The molecule has 0 bridgehead atoms. The molecule has 1 aromatic heterocycles. The van der Waals surface area contributed by atoms with Gasteiger partial charge < -0.3 is 4.90 Å². The highest BCUT2D eigenvalue weighted by Crippen LogP contribution is 2.05. The molecule has 0 aliphatic rings. The second kappa shape index (κ2) is 8.75. The Morgan fingerprint density at radius 3 is 2.48 bits per heavy atom. The van der Waals surface area contributed by atoms with Gasteiger partial charge >= 0.3 is 0 Å². The molecule has 0 spiro atoms. The van der Waals surface area contributed by atoms with Crippen molar-refractivity contribution >= 4 is 5.91 Å². The SMILES string of the molecule is CC(C)CN(CC#Cc1ccccc1)C(=O)Cc1ccncc1. The molecular weight excluding hydrogens is 284 g/mol. The van der Waals surface area contributed by atoms with Crippen LogP contribution in [0, 0.1) is 17.8 Å². The summed E-state index contributed by atoms with van der Waals surface area (Å²) in [5.74, 6) is 6.75. The molecule has 3 heteroatoms. The van der Waals surface area contributed by atoms with Crippen LogP contribution >= 0.6 is 0 Å². The lowest BCUT2D eigenvalue weighted by Crippen LogP contribution is -2.35. The van der Waals surface area contributed by atoms with E-state index in [1.165, 1.54) is 0 Å². The predicted octanol–water partition coefficient (Wildman–Crippen LogP) is 3.16. The van der Waals surface area contributed by atoms with E-state index in [-0.39, 0.29) is 5.91 Å². The Bertz CT molecular complexity index is 669. The normalized spacial score (nSPS) is 10.0. The fraction of sp³-hybridized carbons (Fsp3) is 0.300. The van der Waals surface area contributed by atoms with Crippen molar-refractivity contribution in [1.29, 1.82) is 0 Å². The fourth-order valence-electron chi connectivity index (χ4n) is 2.24. The Labute approximate surface area is 138 Å². The highest BCUT2D eigenvalue weighted by molar-refractivity contribution is 5.79. The van der Waals surface area contributed by atoms with Gasteiger partial charge in [0.1, 0.15) is 0 Å². The lowest BCUT2D eigenvalue weighted by molar-refractivity contribution is -0.130. The monoisotopic (exact) mass is 306 g/mol. The first-order chi connectivity index (χ1) is 11.1. The summed E-state index contributed by atoms with van der Waals surface area (Å²) in [6.07, 6.45) is 3.82. The van der Waals surface area contributed by atoms with Crippen molar-refractivity contribution < 1.29 is 4.79 Å². The van der Waals surface area contributed by atoms with Crippen molar-refractivity contribution in [3.63, 3.8) is 0 Å². The van der Waals surface area contributed by atoms with Crippen molar-refractivity contribution in [2.75, 3.05) is 13.1 Å². The van der Waals surface area contributed by atoms with Crippen LogP contribution in [0.1, 0.15) is 25.0 Å². The van der Waals surface area contributed by atoms with Gasteiger partial charge in [-0.2, -0.15) is 0 Å². The molecule has 1 amide bonds. The smallest absolute Gasteiger partial charge is 0.227 e. The van der Waals surface area contributed by atoms with Gasteiger partial charge in [0.05, 0.1) is 13.0 Å². The van der Waals surface area contributed by atoms with Crippen LogP contribution in [0.4, 0.5) is 0 Å². The average molecular weight is 306 g/mol. The van der Waals surface area contributed by atoms with Gasteiger partial charge in [0.2, 0.25) is 5.91 Å². The fourth-order valence-corrected chi connectivity index (χ4v) is 2.24. The van der Waals surface area contributed by atoms with Crippen molar-refractivity contribution in [3.05, 3.63) is 66.0 Å². The van der Waals surface area contributed by atoms with E-state index in [0.717, 1.165) is 11.1 Å². The molecule has 0 radical (unpaired) electrons. The van der Waals surface area contributed by atoms with Gasteiger partial charge in [-0.3, -0.25) is 9.78 Å². The number of rotatable bonds is 5. The average Bonchev–Trinajstić information content (AvgIpc) is 2.55. The van der Waals surface area contributed by atoms with Crippen molar-refractivity contribution in [2.45, 2.75) is 20.3 Å².